The van der Waals surface area contributed by atoms with Crippen LogP contribution in [0.4, 0.5) is 5.82 Å². The monoisotopic (exact) mass is 219 g/mol. The fourth-order valence-corrected chi connectivity index (χ4v) is 2.09. The first-order valence-corrected chi connectivity index (χ1v) is 5.85. The second-order valence-electron chi connectivity index (χ2n) is 4.22. The quantitative estimate of drug-likeness (QED) is 0.713. The smallest absolute Gasteiger partial charge is 0.155 e. The molecule has 0 aromatic carbocycles. The Morgan fingerprint density at radius 3 is 2.56 bits per heavy atom. The molecular weight excluding hydrogens is 202 g/mol. The molecule has 0 spiro atoms. The van der Waals surface area contributed by atoms with Crippen molar-refractivity contribution in [2.45, 2.75) is 32.6 Å². The van der Waals surface area contributed by atoms with Gasteiger partial charge in [0, 0.05) is 19.3 Å². The number of rotatable bonds is 2. The summed E-state index contributed by atoms with van der Waals surface area (Å²) in [7, 11) is 0. The third kappa shape index (κ3) is 2.38. The molecule has 0 atom stereocenters. The van der Waals surface area contributed by atoms with Crippen LogP contribution in [0.25, 0.3) is 0 Å². The van der Waals surface area contributed by atoms with E-state index in [2.05, 4.69) is 14.9 Å². The van der Waals surface area contributed by atoms with Crippen molar-refractivity contribution in [1.82, 2.24) is 9.97 Å². The third-order valence-electron chi connectivity index (χ3n) is 2.95. The molecule has 1 aromatic heterocycles. The van der Waals surface area contributed by atoms with Gasteiger partial charge in [-0.3, -0.25) is 4.79 Å². The molecule has 86 valence electrons. The van der Waals surface area contributed by atoms with Crippen LogP contribution in [-0.2, 0) is 0 Å². The normalized spacial score (nSPS) is 16.9. The van der Waals surface area contributed by atoms with Crippen LogP contribution in [0.1, 0.15) is 41.9 Å². The van der Waals surface area contributed by atoms with E-state index in [-0.39, 0.29) is 0 Å². The van der Waals surface area contributed by atoms with Crippen molar-refractivity contribution in [3.05, 3.63) is 17.6 Å². The Morgan fingerprint density at radius 2 is 1.94 bits per heavy atom. The summed E-state index contributed by atoms with van der Waals surface area (Å²) in [6.45, 7) is 3.85. The summed E-state index contributed by atoms with van der Waals surface area (Å²) in [5.74, 6) is 1.54. The second kappa shape index (κ2) is 5.05. The molecule has 0 amide bonds. The van der Waals surface area contributed by atoms with Crippen LogP contribution in [0.3, 0.4) is 0 Å². The lowest BCUT2D eigenvalue weighted by atomic mass is 10.2. The van der Waals surface area contributed by atoms with Crippen LogP contribution in [0.15, 0.2) is 6.20 Å². The van der Waals surface area contributed by atoms with Gasteiger partial charge in [-0.15, -0.1) is 0 Å². The van der Waals surface area contributed by atoms with Crippen LogP contribution in [0, 0.1) is 6.92 Å². The van der Waals surface area contributed by atoms with Crippen LogP contribution in [0.5, 0.6) is 0 Å². The fourth-order valence-electron chi connectivity index (χ4n) is 2.09. The van der Waals surface area contributed by atoms with E-state index in [1.807, 2.05) is 6.92 Å². The van der Waals surface area contributed by atoms with E-state index in [4.69, 9.17) is 0 Å². The summed E-state index contributed by atoms with van der Waals surface area (Å²) >= 11 is 0. The second-order valence-corrected chi connectivity index (χ2v) is 4.22. The summed E-state index contributed by atoms with van der Waals surface area (Å²) in [5.41, 5.74) is 0.604. The van der Waals surface area contributed by atoms with Gasteiger partial charge in [0.25, 0.3) is 0 Å². The van der Waals surface area contributed by atoms with Crippen molar-refractivity contribution in [3.63, 3.8) is 0 Å². The molecule has 2 heterocycles. The van der Waals surface area contributed by atoms with E-state index in [1.54, 1.807) is 6.20 Å². The topological polar surface area (TPSA) is 46.1 Å². The maximum absolute atomic E-state index is 11.0. The molecule has 1 fully saturated rings. The number of carbonyl (C=O) groups excluding carboxylic acids is 1. The fraction of sp³-hybridized carbons (Fsp3) is 0.583. The lowest BCUT2D eigenvalue weighted by Crippen LogP contribution is -2.26. The number of aldehydes is 1. The van der Waals surface area contributed by atoms with Crippen molar-refractivity contribution in [1.29, 1.82) is 0 Å². The van der Waals surface area contributed by atoms with E-state index >= 15 is 0 Å². The molecule has 0 saturated carbocycles. The van der Waals surface area contributed by atoms with Crippen molar-refractivity contribution in [3.8, 4) is 0 Å². The Hall–Kier alpha value is -1.45. The third-order valence-corrected chi connectivity index (χ3v) is 2.95. The summed E-state index contributed by atoms with van der Waals surface area (Å²) in [6.07, 6.45) is 7.38. The van der Waals surface area contributed by atoms with Crippen LogP contribution < -0.4 is 4.90 Å². The van der Waals surface area contributed by atoms with Gasteiger partial charge in [-0.2, -0.15) is 0 Å². The zero-order valence-corrected chi connectivity index (χ0v) is 9.65. The van der Waals surface area contributed by atoms with E-state index in [9.17, 15) is 4.79 Å². The molecule has 0 aliphatic carbocycles. The predicted octanol–water partition coefficient (Wildman–Crippen LogP) is 1.98. The van der Waals surface area contributed by atoms with Crippen LogP contribution in [0.2, 0.25) is 0 Å². The van der Waals surface area contributed by atoms with Crippen LogP contribution in [-0.4, -0.2) is 29.3 Å². The van der Waals surface area contributed by atoms with Gasteiger partial charge in [0.15, 0.2) is 6.29 Å². The van der Waals surface area contributed by atoms with Gasteiger partial charge in [0.05, 0.1) is 5.56 Å². The molecule has 4 nitrogen and oxygen atoms in total. The summed E-state index contributed by atoms with van der Waals surface area (Å²) in [6, 6.07) is 0. The highest BCUT2D eigenvalue weighted by Gasteiger charge is 2.15. The summed E-state index contributed by atoms with van der Waals surface area (Å²) in [5, 5.41) is 0. The summed E-state index contributed by atoms with van der Waals surface area (Å²) in [4.78, 5) is 21.6. The number of aromatic nitrogens is 2. The highest BCUT2D eigenvalue weighted by atomic mass is 16.1. The van der Waals surface area contributed by atoms with Gasteiger partial charge in [0.2, 0.25) is 0 Å². The van der Waals surface area contributed by atoms with Gasteiger partial charge < -0.3 is 4.90 Å². The minimum Gasteiger partial charge on any atom is -0.356 e. The average Bonchev–Trinajstić information content (AvgIpc) is 2.57. The largest absolute Gasteiger partial charge is 0.356 e. The number of hydrogen-bond acceptors (Lipinski definition) is 4. The van der Waals surface area contributed by atoms with Crippen LogP contribution >= 0.6 is 0 Å². The molecule has 16 heavy (non-hydrogen) atoms. The predicted molar refractivity (Wildman–Crippen MR) is 62.8 cm³/mol. The molecule has 0 radical (unpaired) electrons. The molecule has 0 N–H and O–H groups in total. The first-order valence-electron chi connectivity index (χ1n) is 5.85. The Morgan fingerprint density at radius 1 is 1.25 bits per heavy atom. The maximum Gasteiger partial charge on any atom is 0.155 e. The SMILES string of the molecule is Cc1ncc(C=O)c(N2CCCCCC2)n1. The minimum absolute atomic E-state index is 0.604. The lowest BCUT2D eigenvalue weighted by Gasteiger charge is -2.22. The van der Waals surface area contributed by atoms with Gasteiger partial charge >= 0.3 is 0 Å². The maximum atomic E-state index is 11.0. The molecule has 0 bridgehead atoms. The zero-order chi connectivity index (χ0) is 11.4. The Labute approximate surface area is 95.7 Å². The average molecular weight is 219 g/mol. The molecule has 1 saturated heterocycles. The van der Waals surface area contributed by atoms with E-state index in [1.165, 1.54) is 25.7 Å². The number of carbonyl (C=O) groups is 1. The molecule has 1 aliphatic heterocycles. The van der Waals surface area contributed by atoms with Crippen molar-refractivity contribution < 1.29 is 4.79 Å². The van der Waals surface area contributed by atoms with Crippen molar-refractivity contribution in [2.75, 3.05) is 18.0 Å². The van der Waals surface area contributed by atoms with E-state index < -0.39 is 0 Å². The number of anilines is 1. The highest BCUT2D eigenvalue weighted by molar-refractivity contribution is 5.82. The van der Waals surface area contributed by atoms with Gasteiger partial charge in [-0.1, -0.05) is 12.8 Å². The van der Waals surface area contributed by atoms with Crippen molar-refractivity contribution >= 4 is 12.1 Å². The molecule has 2 rings (SSSR count). The van der Waals surface area contributed by atoms with Crippen molar-refractivity contribution in [2.24, 2.45) is 0 Å². The lowest BCUT2D eigenvalue weighted by molar-refractivity contribution is 0.112. The first kappa shape index (κ1) is 11.0. The van der Waals surface area contributed by atoms with Gasteiger partial charge in [-0.25, -0.2) is 9.97 Å². The Bertz CT molecular complexity index is 371. The molecule has 1 aromatic rings. The Balaban J connectivity index is 2.29. The van der Waals surface area contributed by atoms with Gasteiger partial charge in [-0.05, 0) is 19.8 Å². The van der Waals surface area contributed by atoms with Gasteiger partial charge in [0.1, 0.15) is 11.6 Å². The molecule has 0 unspecified atom stereocenters. The molecular formula is C12H17N3O. The molecule has 1 aliphatic rings. The molecule has 4 heteroatoms. The highest BCUT2D eigenvalue weighted by Crippen LogP contribution is 2.20. The number of hydrogen-bond donors (Lipinski definition) is 0. The number of aryl methyl sites for hydroxylation is 1. The standard InChI is InChI=1S/C12H17N3O/c1-10-13-8-11(9-16)12(14-10)15-6-4-2-3-5-7-15/h8-9H,2-7H2,1H3. The zero-order valence-electron chi connectivity index (χ0n) is 9.65. The summed E-state index contributed by atoms with van der Waals surface area (Å²) < 4.78 is 0. The Kier molecular flexibility index (Phi) is 3.49. The minimum atomic E-state index is 0.604. The first-order chi connectivity index (χ1) is 7.81. The number of nitrogens with zero attached hydrogens (tertiary/aromatic N) is 3. The van der Waals surface area contributed by atoms with E-state index in [0.717, 1.165) is 31.0 Å². The van der Waals surface area contributed by atoms with E-state index in [0.29, 0.717) is 5.56 Å².